The van der Waals surface area contributed by atoms with Crippen molar-refractivity contribution < 1.29 is 19.0 Å². The quantitative estimate of drug-likeness (QED) is 0.612. The molecule has 0 aromatic carbocycles. The van der Waals surface area contributed by atoms with Gasteiger partial charge in [-0.15, -0.1) is 0 Å². The van der Waals surface area contributed by atoms with E-state index in [-0.39, 0.29) is 12.3 Å². The highest BCUT2D eigenvalue weighted by Gasteiger charge is 2.53. The van der Waals surface area contributed by atoms with Crippen LogP contribution < -0.4 is 4.90 Å². The maximum Gasteiger partial charge on any atom is 0.336 e. The Morgan fingerprint density at radius 3 is 2.85 bits per heavy atom. The number of nitrogens with zero attached hydrogens (tertiary/aromatic N) is 5. The lowest BCUT2D eigenvalue weighted by Crippen LogP contribution is -2.51. The highest BCUT2D eigenvalue weighted by molar-refractivity contribution is 7.99. The zero-order valence-electron chi connectivity index (χ0n) is 15.1. The summed E-state index contributed by atoms with van der Waals surface area (Å²) in [5.74, 6) is 0.573. The van der Waals surface area contributed by atoms with Crippen LogP contribution in [0.2, 0.25) is 0 Å². The molecule has 4 heterocycles. The molecule has 2 aliphatic rings. The zero-order chi connectivity index (χ0) is 19.0. The van der Waals surface area contributed by atoms with Gasteiger partial charge in [0.15, 0.2) is 22.5 Å². The van der Waals surface area contributed by atoms with Crippen LogP contribution in [0.1, 0.15) is 26.2 Å². The van der Waals surface area contributed by atoms with E-state index in [9.17, 15) is 14.3 Å². The summed E-state index contributed by atoms with van der Waals surface area (Å²) in [4.78, 5) is 27.1. The van der Waals surface area contributed by atoms with Crippen LogP contribution in [0.15, 0.2) is 6.33 Å². The lowest BCUT2D eigenvalue weighted by Gasteiger charge is -2.31. The molecule has 1 N–H and O–H groups in total. The SMILES string of the molecule is CCOC(=O)C1(n2cnc3c(N4CCCCC4)nc(F)nc32)CSCC1O. The Morgan fingerprint density at radius 2 is 2.19 bits per heavy atom. The van der Waals surface area contributed by atoms with E-state index in [1.165, 1.54) is 22.7 Å². The van der Waals surface area contributed by atoms with E-state index >= 15 is 0 Å². The standard InChI is InChI=1S/C17H22FN5O3S/c1-2-26-15(25)17(9-27-8-11(17)24)23-10-19-12-13(20-16(18)21-14(12)23)22-6-4-3-5-7-22/h10-11,24H,2-9H2,1H3. The summed E-state index contributed by atoms with van der Waals surface area (Å²) in [7, 11) is 0. The van der Waals surface area contributed by atoms with E-state index in [0.29, 0.717) is 22.8 Å². The number of aliphatic hydroxyl groups is 1. The fourth-order valence-electron chi connectivity index (χ4n) is 3.82. The molecule has 8 nitrogen and oxygen atoms in total. The first-order chi connectivity index (χ1) is 13.1. The maximum absolute atomic E-state index is 14.3. The van der Waals surface area contributed by atoms with Gasteiger partial charge in [-0.05, 0) is 26.2 Å². The first kappa shape index (κ1) is 18.4. The van der Waals surface area contributed by atoms with Crippen LogP contribution >= 0.6 is 11.8 Å². The number of halogens is 1. The van der Waals surface area contributed by atoms with Crippen LogP contribution in [-0.4, -0.2) is 67.9 Å². The minimum absolute atomic E-state index is 0.187. The predicted octanol–water partition coefficient (Wildman–Crippen LogP) is 1.32. The highest BCUT2D eigenvalue weighted by Crippen LogP contribution is 2.39. The van der Waals surface area contributed by atoms with Crippen molar-refractivity contribution in [3.05, 3.63) is 12.4 Å². The van der Waals surface area contributed by atoms with Gasteiger partial charge < -0.3 is 14.7 Å². The average Bonchev–Trinajstić information content (AvgIpc) is 3.26. The number of esters is 1. The van der Waals surface area contributed by atoms with Gasteiger partial charge in [0, 0.05) is 24.6 Å². The summed E-state index contributed by atoms with van der Waals surface area (Å²) in [6, 6.07) is 0. The number of thioether (sulfide) groups is 1. The second kappa shape index (κ2) is 7.23. The Kier molecular flexibility index (Phi) is 4.94. The van der Waals surface area contributed by atoms with Crippen molar-refractivity contribution in [1.82, 2.24) is 19.5 Å². The van der Waals surface area contributed by atoms with E-state index in [1.54, 1.807) is 6.92 Å². The number of rotatable bonds is 4. The summed E-state index contributed by atoms with van der Waals surface area (Å²) >= 11 is 1.44. The number of imidazole rings is 1. The molecule has 0 saturated carbocycles. The van der Waals surface area contributed by atoms with Gasteiger partial charge in [0.1, 0.15) is 0 Å². The van der Waals surface area contributed by atoms with Crippen LogP contribution in [0.3, 0.4) is 0 Å². The van der Waals surface area contributed by atoms with Gasteiger partial charge in [0.05, 0.1) is 19.0 Å². The first-order valence-electron chi connectivity index (χ1n) is 9.17. The Hall–Kier alpha value is -1.94. The molecule has 2 atom stereocenters. The average molecular weight is 395 g/mol. The molecule has 2 aromatic rings. The molecule has 2 aromatic heterocycles. The normalized spacial score (nSPS) is 25.9. The summed E-state index contributed by atoms with van der Waals surface area (Å²) in [5, 5.41) is 10.6. The van der Waals surface area contributed by atoms with Crippen LogP contribution in [0.25, 0.3) is 11.2 Å². The summed E-state index contributed by atoms with van der Waals surface area (Å²) in [6.45, 7) is 3.45. The Morgan fingerprint density at radius 1 is 1.41 bits per heavy atom. The molecule has 10 heteroatoms. The molecule has 0 spiro atoms. The number of aliphatic hydroxyl groups excluding tert-OH is 1. The molecule has 2 saturated heterocycles. The highest BCUT2D eigenvalue weighted by atomic mass is 32.2. The molecule has 0 amide bonds. The molecule has 0 bridgehead atoms. The fourth-order valence-corrected chi connectivity index (χ4v) is 5.19. The van der Waals surface area contributed by atoms with Crippen LogP contribution in [-0.2, 0) is 15.1 Å². The largest absolute Gasteiger partial charge is 0.464 e. The second-order valence-electron chi connectivity index (χ2n) is 6.83. The minimum atomic E-state index is -1.37. The van der Waals surface area contributed by atoms with Gasteiger partial charge in [-0.3, -0.25) is 4.57 Å². The number of fused-ring (bicyclic) bond motifs is 1. The number of hydrogen-bond acceptors (Lipinski definition) is 8. The summed E-state index contributed by atoms with van der Waals surface area (Å²) in [5.41, 5.74) is -0.723. The number of piperidine rings is 1. The molecule has 4 rings (SSSR count). The van der Waals surface area contributed by atoms with E-state index < -0.39 is 23.7 Å². The van der Waals surface area contributed by atoms with Crippen LogP contribution in [0.5, 0.6) is 0 Å². The monoisotopic (exact) mass is 395 g/mol. The van der Waals surface area contributed by atoms with Crippen molar-refractivity contribution in [2.24, 2.45) is 0 Å². The topological polar surface area (TPSA) is 93.4 Å². The van der Waals surface area contributed by atoms with Gasteiger partial charge >= 0.3 is 12.0 Å². The number of carbonyl (C=O) groups excluding carboxylic acids is 1. The minimum Gasteiger partial charge on any atom is -0.464 e. The first-order valence-corrected chi connectivity index (χ1v) is 10.3. The van der Waals surface area contributed by atoms with E-state index in [1.807, 2.05) is 4.90 Å². The van der Waals surface area contributed by atoms with Crippen molar-refractivity contribution in [2.45, 2.75) is 37.8 Å². The number of anilines is 1. The second-order valence-corrected chi connectivity index (χ2v) is 7.86. The lowest BCUT2D eigenvalue weighted by atomic mass is 9.95. The molecule has 0 aliphatic carbocycles. The third-order valence-corrected chi connectivity index (χ3v) is 6.41. The Labute approximate surface area is 160 Å². The van der Waals surface area contributed by atoms with Crippen molar-refractivity contribution in [1.29, 1.82) is 0 Å². The molecule has 146 valence electrons. The molecule has 2 unspecified atom stereocenters. The molecular weight excluding hydrogens is 373 g/mol. The molecule has 0 radical (unpaired) electrons. The van der Waals surface area contributed by atoms with Gasteiger partial charge in [-0.2, -0.15) is 26.1 Å². The smallest absolute Gasteiger partial charge is 0.336 e. The summed E-state index contributed by atoms with van der Waals surface area (Å²) < 4.78 is 21.0. The molecule has 2 fully saturated rings. The van der Waals surface area contributed by atoms with Crippen molar-refractivity contribution >= 4 is 34.7 Å². The van der Waals surface area contributed by atoms with Crippen molar-refractivity contribution in [3.63, 3.8) is 0 Å². The number of hydrogen-bond donors (Lipinski definition) is 1. The third kappa shape index (κ3) is 2.94. The zero-order valence-corrected chi connectivity index (χ0v) is 15.9. The summed E-state index contributed by atoms with van der Waals surface area (Å²) in [6.07, 6.45) is 2.75. The predicted molar refractivity (Wildman–Crippen MR) is 99.3 cm³/mol. The van der Waals surface area contributed by atoms with E-state index in [2.05, 4.69) is 15.0 Å². The number of ether oxygens (including phenoxy) is 1. The molecular formula is C17H22FN5O3S. The van der Waals surface area contributed by atoms with Gasteiger partial charge in [0.2, 0.25) is 0 Å². The van der Waals surface area contributed by atoms with Gasteiger partial charge in [-0.1, -0.05) is 0 Å². The number of aromatic nitrogens is 4. The van der Waals surface area contributed by atoms with Crippen molar-refractivity contribution in [2.75, 3.05) is 36.1 Å². The Bertz CT molecular complexity index is 856. The van der Waals surface area contributed by atoms with E-state index in [4.69, 9.17) is 4.74 Å². The Balaban J connectivity index is 1.87. The fraction of sp³-hybridized carbons (Fsp3) is 0.647. The third-order valence-electron chi connectivity index (χ3n) is 5.21. The van der Waals surface area contributed by atoms with E-state index in [0.717, 1.165) is 32.4 Å². The van der Waals surface area contributed by atoms with Crippen molar-refractivity contribution in [3.8, 4) is 0 Å². The molecule has 2 aliphatic heterocycles. The lowest BCUT2D eigenvalue weighted by molar-refractivity contribution is -0.157. The van der Waals surface area contributed by atoms with Crippen LogP contribution in [0.4, 0.5) is 10.2 Å². The van der Waals surface area contributed by atoms with Gasteiger partial charge in [-0.25, -0.2) is 9.78 Å². The van der Waals surface area contributed by atoms with Crippen LogP contribution in [0, 0.1) is 6.08 Å². The number of carbonyl (C=O) groups is 1. The maximum atomic E-state index is 14.3. The van der Waals surface area contributed by atoms with Gasteiger partial charge in [0.25, 0.3) is 0 Å². The molecule has 27 heavy (non-hydrogen) atoms.